The minimum Gasteiger partial charge on any atom is -0.139 e. The quantitative estimate of drug-likeness (QED) is 0.545. The molecule has 0 aromatic heterocycles. The largest absolute Gasteiger partial charge is 0.305 e. The lowest BCUT2D eigenvalue weighted by molar-refractivity contribution is 0.252. The Balaban J connectivity index is 1.93. The van der Waals surface area contributed by atoms with Gasteiger partial charge in [-0.05, 0) is 35.2 Å². The molecule has 0 N–H and O–H groups in total. The normalized spacial score (nSPS) is 30.4. The van der Waals surface area contributed by atoms with Crippen molar-refractivity contribution < 1.29 is 0 Å². The number of fused-ring (bicyclic) bond motifs is 1. The third kappa shape index (κ3) is 2.61. The van der Waals surface area contributed by atoms with Crippen LogP contribution in [0.1, 0.15) is 44.1 Å². The Bertz CT molecular complexity index is 469. The highest BCUT2D eigenvalue weighted by molar-refractivity contribution is 9.49. The first-order chi connectivity index (χ1) is 9.22. The third-order valence-corrected chi connectivity index (χ3v) is 6.83. The van der Waals surface area contributed by atoms with E-state index in [0.29, 0.717) is 9.68 Å². The van der Waals surface area contributed by atoms with Crippen molar-refractivity contribution in [3.05, 3.63) is 42.0 Å². The van der Waals surface area contributed by atoms with Gasteiger partial charge in [-0.25, -0.2) is 0 Å². The summed E-state index contributed by atoms with van der Waals surface area (Å²) in [4.78, 5) is 0. The SMILES string of the molecule is BrB(Br)[C@]12CCCC[C@H]1CC=C(c1ccccc1)C2. The molecule has 0 heterocycles. The van der Waals surface area contributed by atoms with E-state index in [1.165, 1.54) is 44.1 Å². The van der Waals surface area contributed by atoms with Gasteiger partial charge in [-0.15, -0.1) is 31.5 Å². The van der Waals surface area contributed by atoms with Crippen molar-refractivity contribution in [3.8, 4) is 0 Å². The summed E-state index contributed by atoms with van der Waals surface area (Å²) < 4.78 is 0.435. The fourth-order valence-electron chi connectivity index (χ4n) is 3.87. The summed E-state index contributed by atoms with van der Waals surface area (Å²) >= 11 is 7.72. The van der Waals surface area contributed by atoms with Gasteiger partial charge in [0, 0.05) is 0 Å². The van der Waals surface area contributed by atoms with E-state index in [9.17, 15) is 0 Å². The maximum absolute atomic E-state index is 3.86. The molecule has 19 heavy (non-hydrogen) atoms. The van der Waals surface area contributed by atoms with E-state index in [-0.39, 0.29) is 0 Å². The first kappa shape index (κ1) is 13.9. The zero-order valence-electron chi connectivity index (χ0n) is 11.1. The van der Waals surface area contributed by atoms with Gasteiger partial charge in [0.15, 0.2) is 0 Å². The first-order valence-corrected chi connectivity index (χ1v) is 9.08. The molecule has 3 heteroatoms. The lowest BCUT2D eigenvalue weighted by Crippen LogP contribution is -2.36. The number of hydrogen-bond acceptors (Lipinski definition) is 0. The third-order valence-electron chi connectivity index (χ3n) is 5.01. The second kappa shape index (κ2) is 5.77. The van der Waals surface area contributed by atoms with Gasteiger partial charge in [0.25, 0.3) is 0 Å². The fourth-order valence-corrected chi connectivity index (χ4v) is 5.40. The molecule has 2 aliphatic rings. The fraction of sp³-hybridized carbons (Fsp3) is 0.500. The molecule has 0 unspecified atom stereocenters. The Morgan fingerprint density at radius 2 is 1.89 bits per heavy atom. The van der Waals surface area contributed by atoms with Crippen LogP contribution in [0, 0.1) is 5.92 Å². The van der Waals surface area contributed by atoms with Gasteiger partial charge in [0.1, 0.15) is 0 Å². The van der Waals surface area contributed by atoms with Crippen LogP contribution in [0.2, 0.25) is 5.31 Å². The molecule has 1 aromatic rings. The summed E-state index contributed by atoms with van der Waals surface area (Å²) in [5, 5.41) is 0.415. The highest BCUT2D eigenvalue weighted by Crippen LogP contribution is 2.61. The molecule has 2 aliphatic carbocycles. The summed E-state index contributed by atoms with van der Waals surface area (Å²) in [6, 6.07) is 10.9. The second-order valence-corrected chi connectivity index (χ2v) is 9.04. The van der Waals surface area contributed by atoms with Crippen LogP contribution in [-0.2, 0) is 0 Å². The van der Waals surface area contributed by atoms with Gasteiger partial charge in [-0.2, -0.15) is 0 Å². The summed E-state index contributed by atoms with van der Waals surface area (Å²) in [5.41, 5.74) is 2.95. The smallest absolute Gasteiger partial charge is 0.139 e. The van der Waals surface area contributed by atoms with E-state index < -0.39 is 0 Å². The van der Waals surface area contributed by atoms with E-state index in [2.05, 4.69) is 67.9 Å². The van der Waals surface area contributed by atoms with Crippen LogP contribution in [0.5, 0.6) is 0 Å². The highest BCUT2D eigenvalue weighted by atomic mass is 79.9. The van der Waals surface area contributed by atoms with Crippen molar-refractivity contribution in [1.29, 1.82) is 0 Å². The van der Waals surface area contributed by atoms with Gasteiger partial charge in [-0.1, -0.05) is 62.1 Å². The van der Waals surface area contributed by atoms with Gasteiger partial charge in [0.2, 0.25) is 0 Å². The van der Waals surface area contributed by atoms with E-state index in [4.69, 9.17) is 0 Å². The number of allylic oxidation sites excluding steroid dienone is 2. The van der Waals surface area contributed by atoms with Crippen LogP contribution >= 0.6 is 31.5 Å². The van der Waals surface area contributed by atoms with Gasteiger partial charge >= 0.3 is 4.36 Å². The minimum absolute atomic E-state index is 0.415. The average molecular weight is 382 g/mol. The standard InChI is InChI=1S/C16H19BBr2/c18-17(19)16-11-5-4-8-15(16)10-9-14(12-16)13-6-2-1-3-7-13/h1-3,6-7,9,15H,4-5,8,10-12H2/t15-,16-/m0/s1. The van der Waals surface area contributed by atoms with Crippen molar-refractivity contribution in [3.63, 3.8) is 0 Å². The molecule has 0 saturated heterocycles. The summed E-state index contributed by atoms with van der Waals surface area (Å²) in [5.74, 6) is 0.845. The van der Waals surface area contributed by atoms with E-state index >= 15 is 0 Å². The molecule has 0 amide bonds. The molecule has 0 spiro atoms. The minimum atomic E-state index is 0.415. The Labute approximate surface area is 133 Å². The molecule has 3 rings (SSSR count). The summed E-state index contributed by atoms with van der Waals surface area (Å²) in [6.45, 7) is 0. The maximum atomic E-state index is 3.86. The van der Waals surface area contributed by atoms with E-state index in [1.54, 1.807) is 5.57 Å². The van der Waals surface area contributed by atoms with Crippen molar-refractivity contribution in [2.24, 2.45) is 5.92 Å². The van der Waals surface area contributed by atoms with Gasteiger partial charge in [-0.3, -0.25) is 0 Å². The molecule has 0 aliphatic heterocycles. The van der Waals surface area contributed by atoms with Crippen LogP contribution in [0.3, 0.4) is 0 Å². The van der Waals surface area contributed by atoms with E-state index in [1.807, 2.05) is 0 Å². The number of benzene rings is 1. The van der Waals surface area contributed by atoms with Crippen molar-refractivity contribution in [1.82, 2.24) is 0 Å². The Kier molecular flexibility index (Phi) is 4.24. The van der Waals surface area contributed by atoms with Crippen LogP contribution in [-0.4, -0.2) is 4.36 Å². The Morgan fingerprint density at radius 3 is 2.63 bits per heavy atom. The summed E-state index contributed by atoms with van der Waals surface area (Å²) in [7, 11) is 0. The topological polar surface area (TPSA) is 0 Å². The van der Waals surface area contributed by atoms with Crippen LogP contribution in [0.15, 0.2) is 36.4 Å². The number of halogens is 2. The molecule has 1 fully saturated rings. The molecule has 0 radical (unpaired) electrons. The predicted octanol–water partition coefficient (Wildman–Crippen LogP) is 6.07. The van der Waals surface area contributed by atoms with Crippen LogP contribution in [0.25, 0.3) is 5.57 Å². The van der Waals surface area contributed by atoms with Crippen LogP contribution < -0.4 is 0 Å². The number of rotatable bonds is 2. The highest BCUT2D eigenvalue weighted by Gasteiger charge is 2.48. The van der Waals surface area contributed by atoms with Crippen molar-refractivity contribution >= 4 is 41.4 Å². The van der Waals surface area contributed by atoms with Gasteiger partial charge < -0.3 is 0 Å². The molecule has 0 bridgehead atoms. The molecule has 100 valence electrons. The lowest BCUT2D eigenvalue weighted by atomic mass is 9.49. The second-order valence-electron chi connectivity index (χ2n) is 5.98. The Hall–Kier alpha value is -0.0151. The zero-order valence-corrected chi connectivity index (χ0v) is 14.3. The maximum Gasteiger partial charge on any atom is 0.305 e. The van der Waals surface area contributed by atoms with Crippen molar-refractivity contribution in [2.75, 3.05) is 0 Å². The average Bonchev–Trinajstić information content (AvgIpc) is 2.47. The van der Waals surface area contributed by atoms with Crippen molar-refractivity contribution in [2.45, 2.75) is 43.8 Å². The summed E-state index contributed by atoms with van der Waals surface area (Å²) in [6.07, 6.45) is 10.5. The zero-order chi connectivity index (χ0) is 13.3. The predicted molar refractivity (Wildman–Crippen MR) is 91.9 cm³/mol. The monoisotopic (exact) mass is 380 g/mol. The number of hydrogen-bond donors (Lipinski definition) is 0. The van der Waals surface area contributed by atoms with Crippen LogP contribution in [0.4, 0.5) is 0 Å². The molecule has 1 saturated carbocycles. The Morgan fingerprint density at radius 1 is 1.11 bits per heavy atom. The molecular formula is C16H19BBr2. The molecule has 2 atom stereocenters. The first-order valence-electron chi connectivity index (χ1n) is 7.25. The lowest BCUT2D eigenvalue weighted by Gasteiger charge is -2.48. The molecule has 1 aromatic carbocycles. The van der Waals surface area contributed by atoms with E-state index in [0.717, 1.165) is 5.92 Å². The van der Waals surface area contributed by atoms with Gasteiger partial charge in [0.05, 0.1) is 0 Å². The molecular weight excluding hydrogens is 363 g/mol. The molecule has 0 nitrogen and oxygen atoms in total.